The second-order valence-electron chi connectivity index (χ2n) is 8.23. The third-order valence-corrected chi connectivity index (χ3v) is 5.99. The van der Waals surface area contributed by atoms with Gasteiger partial charge in [0.25, 0.3) is 0 Å². The van der Waals surface area contributed by atoms with Crippen LogP contribution in [-0.4, -0.2) is 68.8 Å². The summed E-state index contributed by atoms with van der Waals surface area (Å²) in [4.78, 5) is 29.5. The van der Waals surface area contributed by atoms with E-state index in [1.807, 2.05) is 0 Å². The highest BCUT2D eigenvalue weighted by Gasteiger charge is 2.24. The molecule has 0 N–H and O–H groups in total. The molecule has 11 heteroatoms. The minimum Gasteiger partial charge on any atom is -0.481 e. The van der Waals surface area contributed by atoms with E-state index in [1.54, 1.807) is 41.0 Å². The van der Waals surface area contributed by atoms with Gasteiger partial charge >= 0.3 is 0 Å². The summed E-state index contributed by atoms with van der Waals surface area (Å²) in [5.41, 5.74) is 2.30. The zero-order valence-electron chi connectivity index (χ0n) is 19.5. The molecular weight excluding hydrogens is 468 g/mol. The molecule has 0 atom stereocenters. The quantitative estimate of drug-likeness (QED) is 0.410. The third-order valence-electron chi connectivity index (χ3n) is 5.99. The largest absolute Gasteiger partial charge is 0.481 e. The van der Waals surface area contributed by atoms with Gasteiger partial charge < -0.3 is 14.5 Å². The van der Waals surface area contributed by atoms with Crippen molar-refractivity contribution < 1.29 is 18.3 Å². The van der Waals surface area contributed by atoms with Gasteiger partial charge in [0.15, 0.2) is 0 Å². The molecule has 3 aromatic heterocycles. The number of pyridine rings is 1. The summed E-state index contributed by atoms with van der Waals surface area (Å²) in [5, 5.41) is 4.57. The number of hydrogen-bond donors (Lipinski definition) is 0. The van der Waals surface area contributed by atoms with Crippen molar-refractivity contribution in [1.29, 1.82) is 0 Å². The average Bonchev–Trinajstić information content (AvgIpc) is 3.33. The minimum absolute atomic E-state index is 0.00473. The molecule has 5 rings (SSSR count). The molecule has 4 heterocycles. The van der Waals surface area contributed by atoms with Gasteiger partial charge in [-0.2, -0.15) is 5.10 Å². The molecule has 0 unspecified atom stereocenters. The number of hydrogen-bond acceptors (Lipinski definition) is 7. The molecule has 1 saturated heterocycles. The lowest BCUT2D eigenvalue weighted by molar-refractivity contribution is -0.132. The summed E-state index contributed by atoms with van der Waals surface area (Å²) in [6.45, 7) is 2.26. The van der Waals surface area contributed by atoms with Gasteiger partial charge in [0.1, 0.15) is 36.0 Å². The van der Waals surface area contributed by atoms with Crippen molar-refractivity contribution in [2.24, 2.45) is 0 Å². The Morgan fingerprint density at radius 3 is 2.36 bits per heavy atom. The molecule has 0 radical (unpaired) electrons. The van der Waals surface area contributed by atoms with Gasteiger partial charge in [-0.1, -0.05) is 0 Å². The standard InChI is InChI=1S/C25H23F2N7O2/c1-36-24-13-23(29-16-30-24)32-8-10-33(11-9-32)25(35)15-34-22(17-2-4-18(26)5-3-17)12-21(31-34)20-7-6-19(27)14-28-20/h2-7,12-14,16H,8-11,15H2,1H3. The number of rotatable bonds is 6. The summed E-state index contributed by atoms with van der Waals surface area (Å²) in [6, 6.07) is 12.3. The first-order valence-corrected chi connectivity index (χ1v) is 11.3. The van der Waals surface area contributed by atoms with Crippen molar-refractivity contribution in [2.75, 3.05) is 38.2 Å². The Labute approximate surface area is 206 Å². The molecule has 1 aliphatic rings. The van der Waals surface area contributed by atoms with Gasteiger partial charge in [-0.3, -0.25) is 14.5 Å². The first-order valence-electron chi connectivity index (χ1n) is 11.3. The monoisotopic (exact) mass is 491 g/mol. The second kappa shape index (κ2) is 10.1. The number of halogens is 2. The summed E-state index contributed by atoms with van der Waals surface area (Å²) in [7, 11) is 1.55. The number of amides is 1. The number of carbonyl (C=O) groups excluding carboxylic acids is 1. The van der Waals surface area contributed by atoms with Gasteiger partial charge in [-0.05, 0) is 42.5 Å². The van der Waals surface area contributed by atoms with Crippen LogP contribution in [0, 0.1) is 11.6 Å². The van der Waals surface area contributed by atoms with E-state index in [2.05, 4.69) is 25.0 Å². The van der Waals surface area contributed by atoms with Crippen molar-refractivity contribution >= 4 is 11.7 Å². The predicted octanol–water partition coefficient (Wildman–Crippen LogP) is 3.04. The van der Waals surface area contributed by atoms with Crippen molar-refractivity contribution in [3.8, 4) is 28.5 Å². The summed E-state index contributed by atoms with van der Waals surface area (Å²) >= 11 is 0. The number of anilines is 1. The molecule has 1 aliphatic heterocycles. The highest BCUT2D eigenvalue weighted by Crippen LogP contribution is 2.26. The van der Waals surface area contributed by atoms with E-state index < -0.39 is 5.82 Å². The van der Waals surface area contributed by atoms with Crippen molar-refractivity contribution in [3.05, 3.63) is 72.7 Å². The third kappa shape index (κ3) is 4.99. The molecule has 9 nitrogen and oxygen atoms in total. The van der Waals surface area contributed by atoms with Crippen LogP contribution >= 0.6 is 0 Å². The zero-order valence-corrected chi connectivity index (χ0v) is 19.5. The van der Waals surface area contributed by atoms with Gasteiger partial charge in [0.05, 0.1) is 24.7 Å². The molecule has 0 saturated carbocycles. The number of aromatic nitrogens is 5. The van der Waals surface area contributed by atoms with Gasteiger partial charge in [-0.25, -0.2) is 18.7 Å². The molecule has 4 aromatic rings. The Bertz CT molecular complexity index is 1350. The Kier molecular flexibility index (Phi) is 6.52. The van der Waals surface area contributed by atoms with Crippen molar-refractivity contribution in [2.45, 2.75) is 6.54 Å². The lowest BCUT2D eigenvalue weighted by Crippen LogP contribution is -2.50. The number of methoxy groups -OCH3 is 1. The van der Waals surface area contributed by atoms with Gasteiger partial charge in [0.2, 0.25) is 11.8 Å². The van der Waals surface area contributed by atoms with Crippen LogP contribution in [0.4, 0.5) is 14.6 Å². The highest BCUT2D eigenvalue weighted by atomic mass is 19.1. The van der Waals surface area contributed by atoms with E-state index in [1.165, 1.54) is 30.6 Å². The van der Waals surface area contributed by atoms with Gasteiger partial charge in [-0.15, -0.1) is 0 Å². The molecule has 36 heavy (non-hydrogen) atoms. The Morgan fingerprint density at radius 2 is 1.67 bits per heavy atom. The SMILES string of the molecule is COc1cc(N2CCN(C(=O)Cn3nc(-c4ccc(F)cn4)cc3-c3ccc(F)cc3)CC2)ncn1. The molecule has 1 fully saturated rings. The smallest absolute Gasteiger partial charge is 0.244 e. The minimum atomic E-state index is -0.452. The Balaban J connectivity index is 1.34. The summed E-state index contributed by atoms with van der Waals surface area (Å²) < 4.78 is 33.6. The molecule has 184 valence electrons. The molecule has 0 aliphatic carbocycles. The maximum absolute atomic E-state index is 13.5. The number of ether oxygens (including phenoxy) is 1. The van der Waals surface area contributed by atoms with Crippen LogP contribution in [-0.2, 0) is 11.3 Å². The second-order valence-corrected chi connectivity index (χ2v) is 8.23. The normalized spacial score (nSPS) is 13.6. The van der Waals surface area contributed by atoms with Gasteiger partial charge in [0, 0.05) is 37.8 Å². The Hall–Kier alpha value is -4.41. The van der Waals surface area contributed by atoms with E-state index >= 15 is 0 Å². The van der Waals surface area contributed by atoms with Crippen LogP contribution in [0.1, 0.15) is 0 Å². The molecule has 1 amide bonds. The van der Waals surface area contributed by atoms with Crippen molar-refractivity contribution in [1.82, 2.24) is 29.6 Å². The van der Waals surface area contributed by atoms with Crippen LogP contribution in [0.3, 0.4) is 0 Å². The van der Waals surface area contributed by atoms with Crippen LogP contribution in [0.2, 0.25) is 0 Å². The summed E-state index contributed by atoms with van der Waals surface area (Å²) in [5.74, 6) is 0.320. The van der Waals surface area contributed by atoms with Crippen LogP contribution < -0.4 is 9.64 Å². The predicted molar refractivity (Wildman–Crippen MR) is 128 cm³/mol. The average molecular weight is 492 g/mol. The van der Waals surface area contributed by atoms with E-state index in [4.69, 9.17) is 4.74 Å². The first kappa shape index (κ1) is 23.3. The molecule has 0 spiro atoms. The lowest BCUT2D eigenvalue weighted by Gasteiger charge is -2.35. The maximum Gasteiger partial charge on any atom is 0.244 e. The Morgan fingerprint density at radius 1 is 0.917 bits per heavy atom. The fourth-order valence-corrected chi connectivity index (χ4v) is 4.07. The van der Waals surface area contributed by atoms with Crippen molar-refractivity contribution in [3.63, 3.8) is 0 Å². The van der Waals surface area contributed by atoms with Crippen LogP contribution in [0.15, 0.2) is 61.1 Å². The van der Waals surface area contributed by atoms with E-state index in [0.717, 1.165) is 12.0 Å². The fourth-order valence-electron chi connectivity index (χ4n) is 4.07. The van der Waals surface area contributed by atoms with E-state index in [0.29, 0.717) is 54.7 Å². The number of benzene rings is 1. The summed E-state index contributed by atoms with van der Waals surface area (Å²) in [6.07, 6.45) is 2.57. The topological polar surface area (TPSA) is 89.3 Å². The molecule has 1 aromatic carbocycles. The first-order chi connectivity index (χ1) is 17.5. The highest BCUT2D eigenvalue weighted by molar-refractivity contribution is 5.78. The number of nitrogens with zero attached hydrogens (tertiary/aromatic N) is 7. The number of piperazine rings is 1. The number of carbonyl (C=O) groups is 1. The van der Waals surface area contributed by atoms with Crippen LogP contribution in [0.5, 0.6) is 5.88 Å². The lowest BCUT2D eigenvalue weighted by atomic mass is 10.1. The fraction of sp³-hybridized carbons (Fsp3) is 0.240. The zero-order chi connectivity index (χ0) is 25.1. The van der Waals surface area contributed by atoms with E-state index in [-0.39, 0.29) is 18.3 Å². The molecular formula is C25H23F2N7O2. The van der Waals surface area contributed by atoms with Crippen LogP contribution in [0.25, 0.3) is 22.6 Å². The van der Waals surface area contributed by atoms with E-state index in [9.17, 15) is 13.6 Å². The maximum atomic E-state index is 13.5. The molecule has 0 bridgehead atoms.